The van der Waals surface area contributed by atoms with Crippen LogP contribution in [0.4, 0.5) is 0 Å². The summed E-state index contributed by atoms with van der Waals surface area (Å²) in [4.78, 5) is 2.31. The van der Waals surface area contributed by atoms with Crippen molar-refractivity contribution in [3.05, 3.63) is 33.8 Å². The van der Waals surface area contributed by atoms with E-state index in [1.165, 1.54) is 25.7 Å². The van der Waals surface area contributed by atoms with Gasteiger partial charge in [0.05, 0.1) is 6.10 Å². The van der Waals surface area contributed by atoms with Crippen molar-refractivity contribution in [1.29, 1.82) is 0 Å². The molecule has 5 heteroatoms. The highest BCUT2D eigenvalue weighted by atomic mass is 35.5. The van der Waals surface area contributed by atoms with Gasteiger partial charge in [0.15, 0.2) is 0 Å². The molecule has 118 valence electrons. The third kappa shape index (κ3) is 4.11. The number of nitrogens with zero attached hydrogens (tertiary/aromatic N) is 1. The number of likely N-dealkylation sites (N-methyl/N-ethyl adjacent to an activating group) is 1. The maximum absolute atomic E-state index is 10.3. The number of aliphatic hydroxyl groups is 1. The zero-order chi connectivity index (χ0) is 15.5. The highest BCUT2D eigenvalue weighted by molar-refractivity contribution is 6.33. The Balaban J connectivity index is 1.92. The molecule has 0 radical (unpaired) electrons. The molecule has 3 nitrogen and oxygen atoms in total. The van der Waals surface area contributed by atoms with Crippen molar-refractivity contribution in [2.75, 3.05) is 27.2 Å². The Morgan fingerprint density at radius 2 is 1.95 bits per heavy atom. The second-order valence-corrected chi connectivity index (χ2v) is 6.98. The van der Waals surface area contributed by atoms with Gasteiger partial charge in [-0.25, -0.2) is 0 Å². The lowest BCUT2D eigenvalue weighted by atomic mass is 9.96. The molecule has 1 saturated carbocycles. The molecule has 2 N–H and O–H groups in total. The van der Waals surface area contributed by atoms with Crippen molar-refractivity contribution in [2.45, 2.75) is 37.3 Å². The van der Waals surface area contributed by atoms with Crippen LogP contribution < -0.4 is 5.32 Å². The molecule has 0 spiro atoms. The topological polar surface area (TPSA) is 35.5 Å². The van der Waals surface area contributed by atoms with E-state index in [4.69, 9.17) is 23.2 Å². The molecular formula is C16H24Cl2N2O. The molecule has 1 fully saturated rings. The Labute approximate surface area is 137 Å². The van der Waals surface area contributed by atoms with Crippen molar-refractivity contribution >= 4 is 23.2 Å². The van der Waals surface area contributed by atoms with Crippen LogP contribution in [0, 0.1) is 0 Å². The van der Waals surface area contributed by atoms with Gasteiger partial charge in [0.1, 0.15) is 0 Å². The van der Waals surface area contributed by atoms with Crippen molar-refractivity contribution in [3.63, 3.8) is 0 Å². The zero-order valence-corrected chi connectivity index (χ0v) is 14.2. The molecule has 1 unspecified atom stereocenters. The average Bonchev–Trinajstić information content (AvgIpc) is 2.91. The zero-order valence-electron chi connectivity index (χ0n) is 12.7. The predicted octanol–water partition coefficient (Wildman–Crippen LogP) is 3.49. The molecule has 1 aromatic carbocycles. The molecular weight excluding hydrogens is 307 g/mol. The number of hydrogen-bond donors (Lipinski definition) is 2. The van der Waals surface area contributed by atoms with Gasteiger partial charge in [-0.05, 0) is 45.1 Å². The maximum Gasteiger partial charge on any atom is 0.0929 e. The Morgan fingerprint density at radius 3 is 2.57 bits per heavy atom. The largest absolute Gasteiger partial charge is 0.387 e. The van der Waals surface area contributed by atoms with Crippen LogP contribution in [0.3, 0.4) is 0 Å². The summed E-state index contributed by atoms with van der Waals surface area (Å²) in [5, 5.41) is 14.8. The van der Waals surface area contributed by atoms with E-state index in [1.54, 1.807) is 18.2 Å². The first kappa shape index (κ1) is 17.0. The SMILES string of the molecule is CN(C)C1(CNCC(O)c2cc(Cl)ccc2Cl)CCCC1. The summed E-state index contributed by atoms with van der Waals surface area (Å²) in [6, 6.07) is 5.18. The average molecular weight is 331 g/mol. The molecule has 0 saturated heterocycles. The fraction of sp³-hybridized carbons (Fsp3) is 0.625. The van der Waals surface area contributed by atoms with E-state index in [9.17, 15) is 5.11 Å². The second-order valence-electron chi connectivity index (χ2n) is 6.14. The summed E-state index contributed by atoms with van der Waals surface area (Å²) >= 11 is 12.1. The van der Waals surface area contributed by atoms with Gasteiger partial charge in [0.2, 0.25) is 0 Å². The summed E-state index contributed by atoms with van der Waals surface area (Å²) in [7, 11) is 4.27. The minimum Gasteiger partial charge on any atom is -0.387 e. The number of aliphatic hydroxyl groups excluding tert-OH is 1. The van der Waals surface area contributed by atoms with Crippen LogP contribution in [0.2, 0.25) is 10.0 Å². The fourth-order valence-electron chi connectivity index (χ4n) is 3.14. The molecule has 0 bridgehead atoms. The Bertz CT molecular complexity index is 473. The van der Waals surface area contributed by atoms with Crippen molar-refractivity contribution in [2.24, 2.45) is 0 Å². The Kier molecular flexibility index (Phi) is 5.92. The fourth-order valence-corrected chi connectivity index (χ4v) is 3.56. The smallest absolute Gasteiger partial charge is 0.0929 e. The molecule has 1 aliphatic rings. The monoisotopic (exact) mass is 330 g/mol. The molecule has 0 amide bonds. The number of rotatable bonds is 6. The van der Waals surface area contributed by atoms with Crippen LogP contribution in [-0.2, 0) is 0 Å². The summed E-state index contributed by atoms with van der Waals surface area (Å²) < 4.78 is 0. The molecule has 0 aliphatic heterocycles. The van der Waals surface area contributed by atoms with E-state index in [1.807, 2.05) is 0 Å². The van der Waals surface area contributed by atoms with E-state index in [2.05, 4.69) is 24.3 Å². The number of nitrogens with one attached hydrogen (secondary N) is 1. The highest BCUT2D eigenvalue weighted by Gasteiger charge is 2.35. The van der Waals surface area contributed by atoms with Crippen molar-refractivity contribution < 1.29 is 5.11 Å². The molecule has 0 heterocycles. The third-order valence-electron chi connectivity index (χ3n) is 4.59. The maximum atomic E-state index is 10.3. The van der Waals surface area contributed by atoms with Crippen LogP contribution in [0.25, 0.3) is 0 Å². The first-order valence-corrected chi connectivity index (χ1v) is 8.21. The lowest BCUT2D eigenvalue weighted by Crippen LogP contribution is -2.50. The van der Waals surface area contributed by atoms with Gasteiger partial charge in [0, 0.05) is 34.2 Å². The van der Waals surface area contributed by atoms with Gasteiger partial charge in [-0.2, -0.15) is 0 Å². The molecule has 1 aromatic rings. The van der Waals surface area contributed by atoms with E-state index >= 15 is 0 Å². The molecule has 1 atom stereocenters. The van der Waals surface area contributed by atoms with Crippen LogP contribution in [0.1, 0.15) is 37.4 Å². The molecule has 2 rings (SSSR count). The number of benzene rings is 1. The van der Waals surface area contributed by atoms with E-state index < -0.39 is 6.10 Å². The summed E-state index contributed by atoms with van der Waals surface area (Å²) in [6.45, 7) is 1.37. The van der Waals surface area contributed by atoms with E-state index in [0.29, 0.717) is 22.2 Å². The molecule has 21 heavy (non-hydrogen) atoms. The summed E-state index contributed by atoms with van der Waals surface area (Å²) in [6.07, 6.45) is 4.34. The lowest BCUT2D eigenvalue weighted by molar-refractivity contribution is 0.134. The van der Waals surface area contributed by atoms with Crippen LogP contribution in [0.15, 0.2) is 18.2 Å². The minimum absolute atomic E-state index is 0.220. The highest BCUT2D eigenvalue weighted by Crippen LogP contribution is 2.33. The van der Waals surface area contributed by atoms with E-state index in [-0.39, 0.29) is 5.54 Å². The van der Waals surface area contributed by atoms with Gasteiger partial charge in [0.25, 0.3) is 0 Å². The lowest BCUT2D eigenvalue weighted by Gasteiger charge is -2.37. The Morgan fingerprint density at radius 1 is 1.29 bits per heavy atom. The first-order valence-electron chi connectivity index (χ1n) is 7.46. The normalized spacial score (nSPS) is 19.1. The standard InChI is InChI=1S/C16H24Cl2N2O/c1-20(2)16(7-3-4-8-16)11-19-10-15(21)13-9-12(17)5-6-14(13)18/h5-6,9,15,19,21H,3-4,7-8,10-11H2,1-2H3. The number of halogens is 2. The van der Waals surface area contributed by atoms with Crippen LogP contribution >= 0.6 is 23.2 Å². The van der Waals surface area contributed by atoms with Gasteiger partial charge in [-0.3, -0.25) is 0 Å². The predicted molar refractivity (Wildman–Crippen MR) is 89.2 cm³/mol. The quantitative estimate of drug-likeness (QED) is 0.838. The van der Waals surface area contributed by atoms with Gasteiger partial charge >= 0.3 is 0 Å². The van der Waals surface area contributed by atoms with Gasteiger partial charge in [-0.15, -0.1) is 0 Å². The van der Waals surface area contributed by atoms with E-state index in [0.717, 1.165) is 6.54 Å². The van der Waals surface area contributed by atoms with Crippen LogP contribution in [0.5, 0.6) is 0 Å². The Hall–Kier alpha value is -0.320. The van der Waals surface area contributed by atoms with Gasteiger partial charge in [-0.1, -0.05) is 36.0 Å². The third-order valence-corrected chi connectivity index (χ3v) is 5.17. The van der Waals surface area contributed by atoms with Crippen LogP contribution in [-0.4, -0.2) is 42.7 Å². The summed E-state index contributed by atoms with van der Waals surface area (Å²) in [5.74, 6) is 0. The van der Waals surface area contributed by atoms with Gasteiger partial charge < -0.3 is 15.3 Å². The summed E-state index contributed by atoms with van der Waals surface area (Å²) in [5.41, 5.74) is 0.902. The van der Waals surface area contributed by atoms with Crippen molar-refractivity contribution in [3.8, 4) is 0 Å². The molecule has 1 aliphatic carbocycles. The number of hydrogen-bond acceptors (Lipinski definition) is 3. The molecule has 0 aromatic heterocycles. The van der Waals surface area contributed by atoms with Crippen molar-refractivity contribution in [1.82, 2.24) is 10.2 Å². The minimum atomic E-state index is -0.642. The second kappa shape index (κ2) is 7.30. The first-order chi connectivity index (χ1) is 9.94.